The van der Waals surface area contributed by atoms with Gasteiger partial charge >= 0.3 is 6.09 Å². The van der Waals surface area contributed by atoms with Crippen molar-refractivity contribution < 1.29 is 14.3 Å². The quantitative estimate of drug-likeness (QED) is 0.305. The number of carbonyl (C=O) groups is 2. The number of guanidine groups is 1. The average molecular weight is 557 g/mol. The SMILES string of the molecule is CN=C(NCCN(C(=O)OC(C)(C)C)C1CC1)NCc1ccc(N2CCCC2=O)cc1.I. The summed E-state index contributed by atoms with van der Waals surface area (Å²) in [5.74, 6) is 0.876. The topological polar surface area (TPSA) is 86.3 Å². The summed E-state index contributed by atoms with van der Waals surface area (Å²) in [6, 6.07) is 8.32. The maximum absolute atomic E-state index is 12.4. The molecule has 2 amide bonds. The zero-order chi connectivity index (χ0) is 22.4. The fraction of sp³-hybridized carbons (Fsp3) is 0.609. The van der Waals surface area contributed by atoms with Crippen molar-refractivity contribution in [1.29, 1.82) is 0 Å². The van der Waals surface area contributed by atoms with Gasteiger partial charge in [0.25, 0.3) is 0 Å². The zero-order valence-corrected chi connectivity index (χ0v) is 21.8. The number of halogens is 1. The van der Waals surface area contributed by atoms with Crippen molar-refractivity contribution in [1.82, 2.24) is 15.5 Å². The van der Waals surface area contributed by atoms with Crippen molar-refractivity contribution in [2.24, 2.45) is 4.99 Å². The highest BCUT2D eigenvalue weighted by molar-refractivity contribution is 14.0. The second-order valence-electron chi connectivity index (χ2n) is 9.07. The number of hydrogen-bond donors (Lipinski definition) is 2. The van der Waals surface area contributed by atoms with E-state index in [-0.39, 0.29) is 42.0 Å². The van der Waals surface area contributed by atoms with E-state index in [1.54, 1.807) is 7.05 Å². The largest absolute Gasteiger partial charge is 0.444 e. The molecule has 178 valence electrons. The van der Waals surface area contributed by atoms with Crippen LogP contribution in [0.3, 0.4) is 0 Å². The van der Waals surface area contributed by atoms with Crippen molar-refractivity contribution in [3.63, 3.8) is 0 Å². The number of nitrogens with one attached hydrogen (secondary N) is 2. The number of anilines is 1. The molecule has 1 aromatic carbocycles. The minimum atomic E-state index is -0.493. The Labute approximate surface area is 208 Å². The lowest BCUT2D eigenvalue weighted by Crippen LogP contribution is -2.45. The fourth-order valence-corrected chi connectivity index (χ4v) is 3.55. The third kappa shape index (κ3) is 7.83. The summed E-state index contributed by atoms with van der Waals surface area (Å²) in [7, 11) is 1.73. The Kier molecular flexibility index (Phi) is 9.60. The number of rotatable bonds is 7. The molecule has 1 aliphatic heterocycles. The van der Waals surface area contributed by atoms with Gasteiger partial charge in [0, 0.05) is 51.4 Å². The Morgan fingerprint density at radius 2 is 1.91 bits per heavy atom. The van der Waals surface area contributed by atoms with Crippen LogP contribution in [0.4, 0.5) is 10.5 Å². The highest BCUT2D eigenvalue weighted by atomic mass is 127. The van der Waals surface area contributed by atoms with E-state index in [9.17, 15) is 9.59 Å². The second kappa shape index (κ2) is 11.7. The van der Waals surface area contributed by atoms with Gasteiger partial charge in [-0.05, 0) is 57.7 Å². The molecule has 1 aromatic rings. The number of aliphatic imine (C=N–C) groups is 1. The lowest BCUT2D eigenvalue weighted by molar-refractivity contribution is -0.117. The fourth-order valence-electron chi connectivity index (χ4n) is 3.55. The van der Waals surface area contributed by atoms with E-state index < -0.39 is 5.60 Å². The molecule has 0 unspecified atom stereocenters. The number of benzene rings is 1. The van der Waals surface area contributed by atoms with Crippen LogP contribution < -0.4 is 15.5 Å². The first kappa shape index (κ1) is 26.2. The molecule has 8 nitrogen and oxygen atoms in total. The molecule has 9 heteroatoms. The summed E-state index contributed by atoms with van der Waals surface area (Å²) < 4.78 is 5.53. The molecular formula is C23H36IN5O3. The monoisotopic (exact) mass is 557 g/mol. The van der Waals surface area contributed by atoms with Crippen molar-refractivity contribution in [3.8, 4) is 0 Å². The van der Waals surface area contributed by atoms with E-state index >= 15 is 0 Å². The molecular weight excluding hydrogens is 521 g/mol. The van der Waals surface area contributed by atoms with Crippen LogP contribution in [0.15, 0.2) is 29.3 Å². The van der Waals surface area contributed by atoms with Crippen LogP contribution in [0.1, 0.15) is 52.0 Å². The van der Waals surface area contributed by atoms with E-state index in [4.69, 9.17) is 4.74 Å². The summed E-state index contributed by atoms with van der Waals surface area (Å²) in [5, 5.41) is 6.56. The third-order valence-electron chi connectivity index (χ3n) is 5.27. The second-order valence-corrected chi connectivity index (χ2v) is 9.07. The van der Waals surface area contributed by atoms with Crippen LogP contribution in [-0.4, -0.2) is 61.2 Å². The number of nitrogens with zero attached hydrogens (tertiary/aromatic N) is 3. The molecule has 1 saturated carbocycles. The molecule has 2 N–H and O–H groups in total. The Morgan fingerprint density at radius 3 is 2.44 bits per heavy atom. The number of carbonyl (C=O) groups excluding carboxylic acids is 2. The molecule has 0 bridgehead atoms. The van der Waals surface area contributed by atoms with E-state index in [0.29, 0.717) is 32.0 Å². The summed E-state index contributed by atoms with van der Waals surface area (Å²) >= 11 is 0. The first-order chi connectivity index (χ1) is 14.8. The van der Waals surface area contributed by atoms with Crippen LogP contribution in [-0.2, 0) is 16.1 Å². The van der Waals surface area contributed by atoms with Crippen LogP contribution in [0, 0.1) is 0 Å². The minimum Gasteiger partial charge on any atom is -0.444 e. The summed E-state index contributed by atoms with van der Waals surface area (Å²) in [4.78, 5) is 32.2. The average Bonchev–Trinajstić information content (AvgIpc) is 3.46. The molecule has 2 aliphatic rings. The summed E-state index contributed by atoms with van der Waals surface area (Å²) in [5.41, 5.74) is 1.56. The van der Waals surface area contributed by atoms with Crippen molar-refractivity contribution in [2.75, 3.05) is 31.6 Å². The van der Waals surface area contributed by atoms with Gasteiger partial charge in [0.15, 0.2) is 5.96 Å². The molecule has 1 aliphatic carbocycles. The van der Waals surface area contributed by atoms with Gasteiger partial charge in [0.2, 0.25) is 5.91 Å². The molecule has 2 fully saturated rings. The maximum Gasteiger partial charge on any atom is 0.410 e. The smallest absolute Gasteiger partial charge is 0.410 e. The maximum atomic E-state index is 12.4. The predicted octanol–water partition coefficient (Wildman–Crippen LogP) is 3.50. The molecule has 0 spiro atoms. The van der Waals surface area contributed by atoms with E-state index in [2.05, 4.69) is 15.6 Å². The van der Waals surface area contributed by atoms with Crippen LogP contribution in [0.5, 0.6) is 0 Å². The van der Waals surface area contributed by atoms with Gasteiger partial charge in [0.1, 0.15) is 5.60 Å². The molecule has 0 atom stereocenters. The molecule has 0 aromatic heterocycles. The predicted molar refractivity (Wildman–Crippen MR) is 138 cm³/mol. The van der Waals surface area contributed by atoms with Gasteiger partial charge in [-0.15, -0.1) is 24.0 Å². The molecule has 3 rings (SSSR count). The van der Waals surface area contributed by atoms with Crippen LogP contribution >= 0.6 is 24.0 Å². The molecule has 1 saturated heterocycles. The normalized spacial score (nSPS) is 16.4. The van der Waals surface area contributed by atoms with Gasteiger partial charge < -0.3 is 25.2 Å². The first-order valence-corrected chi connectivity index (χ1v) is 11.1. The van der Waals surface area contributed by atoms with Gasteiger partial charge in [-0.25, -0.2) is 4.79 Å². The van der Waals surface area contributed by atoms with Gasteiger partial charge in [-0.3, -0.25) is 9.79 Å². The Hall–Kier alpha value is -2.04. The van der Waals surface area contributed by atoms with Crippen molar-refractivity contribution >= 4 is 47.6 Å². The molecule has 1 heterocycles. The van der Waals surface area contributed by atoms with Crippen molar-refractivity contribution in [3.05, 3.63) is 29.8 Å². The van der Waals surface area contributed by atoms with Crippen LogP contribution in [0.25, 0.3) is 0 Å². The summed E-state index contributed by atoms with van der Waals surface area (Å²) in [6.45, 7) is 8.23. The molecule has 32 heavy (non-hydrogen) atoms. The van der Waals surface area contributed by atoms with Gasteiger partial charge in [-0.2, -0.15) is 0 Å². The standard InChI is InChI=1S/C23H35N5O3.HI/c1-23(2,3)31-22(30)28(19-11-12-19)15-13-25-21(24-4)26-16-17-7-9-18(10-8-17)27-14-5-6-20(27)29;/h7-10,19H,5-6,11-16H2,1-4H3,(H2,24,25,26);1H. The van der Waals surface area contributed by atoms with E-state index in [0.717, 1.165) is 37.1 Å². The zero-order valence-electron chi connectivity index (χ0n) is 19.5. The Bertz CT molecular complexity index is 803. The number of ether oxygens (including phenoxy) is 1. The van der Waals surface area contributed by atoms with Crippen LogP contribution in [0.2, 0.25) is 0 Å². The molecule has 0 radical (unpaired) electrons. The van der Waals surface area contributed by atoms with Gasteiger partial charge in [0.05, 0.1) is 0 Å². The first-order valence-electron chi connectivity index (χ1n) is 11.1. The van der Waals surface area contributed by atoms with Gasteiger partial charge in [-0.1, -0.05) is 12.1 Å². The number of amides is 2. The minimum absolute atomic E-state index is 0. The van der Waals surface area contributed by atoms with E-state index in [1.807, 2.05) is 54.8 Å². The van der Waals surface area contributed by atoms with Crippen molar-refractivity contribution in [2.45, 2.75) is 64.6 Å². The summed E-state index contributed by atoms with van der Waals surface area (Å²) in [6.07, 6.45) is 3.38. The lowest BCUT2D eigenvalue weighted by Gasteiger charge is -2.27. The Morgan fingerprint density at radius 1 is 1.22 bits per heavy atom. The Balaban J connectivity index is 0.00000363. The number of hydrogen-bond acceptors (Lipinski definition) is 4. The van der Waals surface area contributed by atoms with E-state index in [1.165, 1.54) is 0 Å². The third-order valence-corrected chi connectivity index (χ3v) is 5.27. The highest BCUT2D eigenvalue weighted by Crippen LogP contribution is 2.28. The highest BCUT2D eigenvalue weighted by Gasteiger charge is 2.34. The lowest BCUT2D eigenvalue weighted by atomic mass is 10.2.